The molecule has 1 aliphatic rings. The van der Waals surface area contributed by atoms with Gasteiger partial charge in [0.25, 0.3) is 0 Å². The second-order valence-electron chi connectivity index (χ2n) is 1.02. The Morgan fingerprint density at radius 2 is 2.83 bits per heavy atom. The molecule has 0 spiro atoms. The van der Waals surface area contributed by atoms with Gasteiger partial charge in [0, 0.05) is 0 Å². The summed E-state index contributed by atoms with van der Waals surface area (Å²) in [6.07, 6.45) is 1.53. The minimum atomic E-state index is 0.608. The molecule has 0 aliphatic carbocycles. The molecule has 0 unspecified atom stereocenters. The Morgan fingerprint density at radius 3 is 3.00 bits per heavy atom. The van der Waals surface area contributed by atoms with Crippen molar-refractivity contribution in [1.82, 2.24) is 10.5 Å². The van der Waals surface area contributed by atoms with Gasteiger partial charge in [-0.15, -0.1) is 0 Å². The predicted octanol–water partition coefficient (Wildman–Crippen LogP) is -1.33. The van der Waals surface area contributed by atoms with Gasteiger partial charge in [-0.25, -0.2) is 11.0 Å². The monoisotopic (exact) mass is 86.1 g/mol. The second kappa shape index (κ2) is 1.24. The largest absolute Gasteiger partial charge is 0.256 e. The van der Waals surface area contributed by atoms with Crippen molar-refractivity contribution in [1.29, 1.82) is 0 Å². The molecule has 0 radical (unpaired) electrons. The van der Waals surface area contributed by atoms with Crippen LogP contribution in [0.4, 0.5) is 0 Å². The fourth-order valence-corrected chi connectivity index (χ4v) is 0.292. The highest BCUT2D eigenvalue weighted by atomic mass is 15.7. The first-order valence-electron chi connectivity index (χ1n) is 1.67. The van der Waals surface area contributed by atoms with Gasteiger partial charge in [-0.3, -0.25) is 4.99 Å². The second-order valence-corrected chi connectivity index (χ2v) is 1.02. The van der Waals surface area contributed by atoms with Crippen molar-refractivity contribution in [3.63, 3.8) is 0 Å². The number of hydrogen-bond acceptors (Lipinski definition) is 4. The summed E-state index contributed by atoms with van der Waals surface area (Å²) in [5.74, 6) is 5.11. The third-order valence-electron chi connectivity index (χ3n) is 0.551. The molecule has 6 heavy (non-hydrogen) atoms. The van der Waals surface area contributed by atoms with E-state index in [1.54, 1.807) is 0 Å². The highest BCUT2D eigenvalue weighted by Gasteiger charge is 1.92. The van der Waals surface area contributed by atoms with E-state index >= 15 is 0 Å². The normalized spacial score (nSPS) is 19.8. The van der Waals surface area contributed by atoms with Crippen molar-refractivity contribution in [2.75, 3.05) is 6.67 Å². The number of nitrogens with zero attached hydrogens (tertiary/aromatic N) is 2. The fourth-order valence-electron chi connectivity index (χ4n) is 0.292. The maximum atomic E-state index is 5.11. The third-order valence-corrected chi connectivity index (χ3v) is 0.551. The predicted molar refractivity (Wildman–Crippen MR) is 22.5 cm³/mol. The molecule has 0 bridgehead atoms. The molecule has 1 heterocycles. The smallest absolute Gasteiger partial charge is 0.118 e. The van der Waals surface area contributed by atoms with Crippen molar-refractivity contribution in [3.8, 4) is 0 Å². The molecule has 0 saturated heterocycles. The topological polar surface area (TPSA) is 53.6 Å². The highest BCUT2D eigenvalue weighted by Crippen LogP contribution is 1.72. The standard InChI is InChI=1S/C2H6N4/c3-6-2-4-1-5-6/h2,5H,1,3H2. The van der Waals surface area contributed by atoms with E-state index in [2.05, 4.69) is 10.4 Å². The first-order chi connectivity index (χ1) is 2.89. The van der Waals surface area contributed by atoms with E-state index in [1.807, 2.05) is 0 Å². The molecule has 0 fully saturated rings. The molecule has 4 nitrogen and oxygen atoms in total. The van der Waals surface area contributed by atoms with Crippen LogP contribution >= 0.6 is 0 Å². The van der Waals surface area contributed by atoms with Crippen LogP contribution in [0.25, 0.3) is 0 Å². The zero-order chi connectivity index (χ0) is 4.41. The Balaban J connectivity index is 2.38. The molecule has 1 rings (SSSR count). The Bertz CT molecular complexity index is 67.9. The lowest BCUT2D eigenvalue weighted by Crippen LogP contribution is -2.37. The lowest BCUT2D eigenvalue weighted by atomic mass is 11.2. The van der Waals surface area contributed by atoms with E-state index in [9.17, 15) is 0 Å². The minimum Gasteiger partial charge on any atom is -0.256 e. The summed E-state index contributed by atoms with van der Waals surface area (Å²) in [4.78, 5) is 3.73. The van der Waals surface area contributed by atoms with E-state index in [0.717, 1.165) is 0 Å². The lowest BCUT2D eigenvalue weighted by Gasteiger charge is -2.01. The summed E-state index contributed by atoms with van der Waals surface area (Å²) < 4.78 is 0. The molecule has 4 heteroatoms. The molecule has 1 aliphatic heterocycles. The summed E-state index contributed by atoms with van der Waals surface area (Å²) >= 11 is 0. The highest BCUT2D eigenvalue weighted by molar-refractivity contribution is 5.54. The Morgan fingerprint density at radius 1 is 2.00 bits per heavy atom. The molecular weight excluding hydrogens is 80.0 g/mol. The van der Waals surface area contributed by atoms with Crippen molar-refractivity contribution >= 4 is 6.34 Å². The fraction of sp³-hybridized carbons (Fsp3) is 0.500. The molecular formula is C2H6N4. The van der Waals surface area contributed by atoms with Crippen LogP contribution in [0.1, 0.15) is 0 Å². The SMILES string of the molecule is NN1C=NCN1. The first kappa shape index (κ1) is 3.58. The van der Waals surface area contributed by atoms with Crippen LogP contribution in [0.15, 0.2) is 4.99 Å². The van der Waals surface area contributed by atoms with Crippen LogP contribution in [0.3, 0.4) is 0 Å². The number of rotatable bonds is 0. The number of aliphatic imine (C=N–C) groups is 1. The van der Waals surface area contributed by atoms with Crippen molar-refractivity contribution < 1.29 is 0 Å². The van der Waals surface area contributed by atoms with Crippen molar-refractivity contribution in [2.24, 2.45) is 10.8 Å². The lowest BCUT2D eigenvalue weighted by molar-refractivity contribution is 0.364. The van der Waals surface area contributed by atoms with Crippen LogP contribution in [0.2, 0.25) is 0 Å². The average molecular weight is 86.1 g/mol. The Hall–Kier alpha value is -0.610. The Kier molecular flexibility index (Phi) is 0.736. The number of hydrogen-bond donors (Lipinski definition) is 2. The molecule has 3 N–H and O–H groups in total. The maximum absolute atomic E-state index is 5.11. The van der Waals surface area contributed by atoms with Crippen LogP contribution in [0, 0.1) is 0 Å². The van der Waals surface area contributed by atoms with Crippen molar-refractivity contribution in [2.45, 2.75) is 0 Å². The zero-order valence-electron chi connectivity index (χ0n) is 3.26. The van der Waals surface area contributed by atoms with Crippen LogP contribution in [-0.2, 0) is 0 Å². The van der Waals surface area contributed by atoms with Gasteiger partial charge in [0.15, 0.2) is 0 Å². The van der Waals surface area contributed by atoms with Gasteiger partial charge in [-0.2, -0.15) is 5.43 Å². The molecule has 0 aromatic carbocycles. The summed E-state index contributed by atoms with van der Waals surface area (Å²) in [5.41, 5.74) is 2.71. The number of nitrogens with two attached hydrogens (primary N) is 1. The molecule has 0 aromatic heterocycles. The van der Waals surface area contributed by atoms with Gasteiger partial charge in [0.1, 0.15) is 13.0 Å². The van der Waals surface area contributed by atoms with E-state index in [-0.39, 0.29) is 0 Å². The molecule has 0 atom stereocenters. The van der Waals surface area contributed by atoms with Gasteiger partial charge in [-0.1, -0.05) is 0 Å². The molecule has 34 valence electrons. The summed E-state index contributed by atoms with van der Waals surface area (Å²) in [6.45, 7) is 0.608. The van der Waals surface area contributed by atoms with Gasteiger partial charge in [0.05, 0.1) is 0 Å². The molecule has 0 amide bonds. The average Bonchev–Trinajstić information content (AvgIpc) is 1.86. The third kappa shape index (κ3) is 0.474. The summed E-state index contributed by atoms with van der Waals surface area (Å²) in [5, 5.41) is 1.32. The number of nitrogens with one attached hydrogen (secondary N) is 1. The minimum absolute atomic E-state index is 0.608. The maximum Gasteiger partial charge on any atom is 0.118 e. The van der Waals surface area contributed by atoms with E-state index in [0.29, 0.717) is 6.67 Å². The van der Waals surface area contributed by atoms with Crippen molar-refractivity contribution in [3.05, 3.63) is 0 Å². The Labute approximate surface area is 35.6 Å². The van der Waals surface area contributed by atoms with Gasteiger partial charge < -0.3 is 0 Å². The first-order valence-corrected chi connectivity index (χ1v) is 1.67. The van der Waals surface area contributed by atoms with E-state index in [4.69, 9.17) is 5.84 Å². The van der Waals surface area contributed by atoms with Crippen LogP contribution in [-0.4, -0.2) is 18.1 Å². The molecule has 0 aromatic rings. The quantitative estimate of drug-likeness (QED) is 0.359. The van der Waals surface area contributed by atoms with Crippen LogP contribution < -0.4 is 11.3 Å². The summed E-state index contributed by atoms with van der Waals surface area (Å²) in [7, 11) is 0. The van der Waals surface area contributed by atoms with Gasteiger partial charge in [0.2, 0.25) is 0 Å². The molecule has 0 saturated carbocycles. The van der Waals surface area contributed by atoms with E-state index in [1.165, 1.54) is 11.5 Å². The van der Waals surface area contributed by atoms with Gasteiger partial charge in [-0.05, 0) is 0 Å². The van der Waals surface area contributed by atoms with E-state index < -0.39 is 0 Å². The van der Waals surface area contributed by atoms with Crippen LogP contribution in [0.5, 0.6) is 0 Å². The van der Waals surface area contributed by atoms with Gasteiger partial charge >= 0.3 is 0 Å². The summed E-state index contributed by atoms with van der Waals surface area (Å²) in [6, 6.07) is 0. The number of hydrazine groups is 2. The zero-order valence-corrected chi connectivity index (χ0v) is 3.26.